The molecule has 1 amide bonds. The van der Waals surface area contributed by atoms with Gasteiger partial charge in [0.25, 0.3) is 0 Å². The summed E-state index contributed by atoms with van der Waals surface area (Å²) in [4.78, 5) is 13.7. The molecule has 0 spiro atoms. The molecule has 0 aliphatic heterocycles. The summed E-state index contributed by atoms with van der Waals surface area (Å²) < 4.78 is 6.88. The Morgan fingerprint density at radius 3 is 2.90 bits per heavy atom. The van der Waals surface area contributed by atoms with Gasteiger partial charge in [0.05, 0.1) is 19.0 Å². The molecule has 0 radical (unpaired) electrons. The highest BCUT2D eigenvalue weighted by Gasteiger charge is 2.15. The van der Waals surface area contributed by atoms with Gasteiger partial charge in [-0.2, -0.15) is 0 Å². The van der Waals surface area contributed by atoms with Crippen molar-refractivity contribution in [3.8, 4) is 0 Å². The molecule has 0 atom stereocenters. The minimum Gasteiger partial charge on any atom is -0.395 e. The number of hydrogen-bond donors (Lipinski definition) is 1. The number of hydrogen-bond acceptors (Lipinski definition) is 6. The topological polar surface area (TPSA) is 80.5 Å². The lowest BCUT2D eigenvalue weighted by atomic mass is 10.4. The third-order valence-corrected chi connectivity index (χ3v) is 3.65. The van der Waals surface area contributed by atoms with Crippen molar-refractivity contribution < 1.29 is 14.6 Å². The van der Waals surface area contributed by atoms with Gasteiger partial charge in [0.2, 0.25) is 5.91 Å². The Labute approximate surface area is 123 Å². The molecule has 7 nitrogen and oxygen atoms in total. The van der Waals surface area contributed by atoms with Crippen LogP contribution in [-0.4, -0.2) is 69.8 Å². The van der Waals surface area contributed by atoms with Gasteiger partial charge < -0.3 is 19.3 Å². The van der Waals surface area contributed by atoms with Crippen LogP contribution >= 0.6 is 11.8 Å². The summed E-state index contributed by atoms with van der Waals surface area (Å²) in [5, 5.41) is 17.6. The van der Waals surface area contributed by atoms with Crippen LogP contribution in [0.25, 0.3) is 0 Å². The summed E-state index contributed by atoms with van der Waals surface area (Å²) in [6.07, 6.45) is 1.66. The number of aliphatic hydroxyl groups is 1. The van der Waals surface area contributed by atoms with Gasteiger partial charge in [0.1, 0.15) is 6.33 Å². The Balaban J connectivity index is 2.53. The first-order chi connectivity index (χ1) is 9.60. The first kappa shape index (κ1) is 16.9. The van der Waals surface area contributed by atoms with E-state index in [2.05, 4.69) is 10.2 Å². The predicted octanol–water partition coefficient (Wildman–Crippen LogP) is 0.418. The SMILES string of the molecule is COCCN(CCO)C(=O)CSc1nncn1C(C)C. The maximum absolute atomic E-state index is 12.1. The number of ether oxygens (including phenoxy) is 1. The maximum Gasteiger partial charge on any atom is 0.233 e. The highest BCUT2D eigenvalue weighted by molar-refractivity contribution is 7.99. The smallest absolute Gasteiger partial charge is 0.233 e. The van der Waals surface area contributed by atoms with Crippen LogP contribution in [0.15, 0.2) is 11.5 Å². The molecule has 114 valence electrons. The van der Waals surface area contributed by atoms with Crippen LogP contribution in [0.2, 0.25) is 0 Å². The van der Waals surface area contributed by atoms with E-state index in [1.54, 1.807) is 18.3 Å². The monoisotopic (exact) mass is 302 g/mol. The van der Waals surface area contributed by atoms with Crippen LogP contribution in [0.1, 0.15) is 19.9 Å². The largest absolute Gasteiger partial charge is 0.395 e. The lowest BCUT2D eigenvalue weighted by Crippen LogP contribution is -2.37. The molecule has 1 N–H and O–H groups in total. The van der Waals surface area contributed by atoms with Crippen molar-refractivity contribution in [1.82, 2.24) is 19.7 Å². The number of methoxy groups -OCH3 is 1. The van der Waals surface area contributed by atoms with E-state index in [1.165, 1.54) is 11.8 Å². The van der Waals surface area contributed by atoms with Crippen LogP contribution in [-0.2, 0) is 9.53 Å². The Hall–Kier alpha value is -1.12. The molecule has 0 fully saturated rings. The average molecular weight is 302 g/mol. The van der Waals surface area contributed by atoms with Gasteiger partial charge in [-0.15, -0.1) is 10.2 Å². The zero-order valence-electron chi connectivity index (χ0n) is 12.2. The van der Waals surface area contributed by atoms with E-state index in [-0.39, 0.29) is 24.3 Å². The second kappa shape index (κ2) is 8.93. The van der Waals surface area contributed by atoms with Gasteiger partial charge in [-0.3, -0.25) is 4.79 Å². The van der Waals surface area contributed by atoms with Crippen molar-refractivity contribution >= 4 is 17.7 Å². The van der Waals surface area contributed by atoms with Crippen LogP contribution < -0.4 is 0 Å². The quantitative estimate of drug-likeness (QED) is 0.666. The van der Waals surface area contributed by atoms with Crippen molar-refractivity contribution in [2.24, 2.45) is 0 Å². The van der Waals surface area contributed by atoms with Crippen molar-refractivity contribution in [1.29, 1.82) is 0 Å². The molecule has 1 heterocycles. The number of rotatable bonds is 9. The van der Waals surface area contributed by atoms with E-state index >= 15 is 0 Å². The third-order valence-electron chi connectivity index (χ3n) is 2.71. The van der Waals surface area contributed by atoms with Gasteiger partial charge in [0.15, 0.2) is 5.16 Å². The third kappa shape index (κ3) is 5.10. The molecule has 1 rings (SSSR count). The van der Waals surface area contributed by atoms with Crippen molar-refractivity contribution in [2.45, 2.75) is 25.0 Å². The summed E-state index contributed by atoms with van der Waals surface area (Å²) in [5.74, 6) is 0.231. The molecule has 20 heavy (non-hydrogen) atoms. The van der Waals surface area contributed by atoms with Crippen LogP contribution in [0.4, 0.5) is 0 Å². The fraction of sp³-hybridized carbons (Fsp3) is 0.750. The van der Waals surface area contributed by atoms with E-state index in [9.17, 15) is 4.79 Å². The van der Waals surface area contributed by atoms with E-state index in [1.807, 2.05) is 18.4 Å². The molecule has 0 saturated carbocycles. The summed E-state index contributed by atoms with van der Waals surface area (Å²) >= 11 is 1.35. The number of carbonyl (C=O) groups excluding carboxylic acids is 1. The number of carbonyl (C=O) groups is 1. The van der Waals surface area contributed by atoms with Crippen LogP contribution in [0.5, 0.6) is 0 Å². The number of amides is 1. The van der Waals surface area contributed by atoms with E-state index in [4.69, 9.17) is 9.84 Å². The summed E-state index contributed by atoms with van der Waals surface area (Å²) in [6.45, 7) is 5.27. The Kier molecular flexibility index (Phi) is 7.56. The van der Waals surface area contributed by atoms with E-state index < -0.39 is 0 Å². The molecule has 0 aliphatic carbocycles. The molecule has 0 aromatic carbocycles. The summed E-state index contributed by atoms with van der Waals surface area (Å²) in [6, 6.07) is 0.254. The Morgan fingerprint density at radius 2 is 2.30 bits per heavy atom. The fourth-order valence-electron chi connectivity index (χ4n) is 1.59. The lowest BCUT2D eigenvalue weighted by molar-refractivity contribution is -0.129. The molecule has 0 bridgehead atoms. The molecule has 1 aromatic heterocycles. The van der Waals surface area contributed by atoms with Gasteiger partial charge in [-0.1, -0.05) is 11.8 Å². The van der Waals surface area contributed by atoms with Crippen molar-refractivity contribution in [3.05, 3.63) is 6.33 Å². The molecule has 0 unspecified atom stereocenters. The molecule has 0 saturated heterocycles. The number of aromatic nitrogens is 3. The van der Waals surface area contributed by atoms with Crippen LogP contribution in [0, 0.1) is 0 Å². The molecular formula is C12H22N4O3S. The highest BCUT2D eigenvalue weighted by atomic mass is 32.2. The van der Waals surface area contributed by atoms with Gasteiger partial charge >= 0.3 is 0 Å². The Bertz CT molecular complexity index is 411. The van der Waals surface area contributed by atoms with Crippen molar-refractivity contribution in [3.63, 3.8) is 0 Å². The minimum absolute atomic E-state index is 0.0422. The second-order valence-corrected chi connectivity index (χ2v) is 5.44. The zero-order chi connectivity index (χ0) is 15.0. The van der Waals surface area contributed by atoms with Crippen molar-refractivity contribution in [2.75, 3.05) is 39.2 Å². The maximum atomic E-state index is 12.1. The molecular weight excluding hydrogens is 280 g/mol. The molecule has 1 aromatic rings. The first-order valence-electron chi connectivity index (χ1n) is 6.50. The number of thioether (sulfide) groups is 1. The normalized spacial score (nSPS) is 11.1. The summed E-state index contributed by atoms with van der Waals surface area (Å²) in [5.41, 5.74) is 0. The highest BCUT2D eigenvalue weighted by Crippen LogP contribution is 2.19. The van der Waals surface area contributed by atoms with Gasteiger partial charge in [0, 0.05) is 26.2 Å². The molecule has 8 heteroatoms. The standard InChI is InChI=1S/C12H22N4O3S/c1-10(2)16-9-13-14-12(16)20-8-11(18)15(4-6-17)5-7-19-3/h9-10,17H,4-8H2,1-3H3. The van der Waals surface area contributed by atoms with Gasteiger partial charge in [-0.05, 0) is 13.8 Å². The minimum atomic E-state index is -0.0533. The Morgan fingerprint density at radius 1 is 1.55 bits per heavy atom. The average Bonchev–Trinajstić information content (AvgIpc) is 2.89. The van der Waals surface area contributed by atoms with E-state index in [0.717, 1.165) is 5.16 Å². The second-order valence-electron chi connectivity index (χ2n) is 4.50. The molecule has 0 aliphatic rings. The summed E-state index contributed by atoms with van der Waals surface area (Å²) in [7, 11) is 1.58. The first-order valence-corrected chi connectivity index (χ1v) is 7.48. The number of nitrogens with zero attached hydrogens (tertiary/aromatic N) is 4. The lowest BCUT2D eigenvalue weighted by Gasteiger charge is -2.21. The number of aliphatic hydroxyl groups excluding tert-OH is 1. The zero-order valence-corrected chi connectivity index (χ0v) is 13.0. The van der Waals surface area contributed by atoms with E-state index in [0.29, 0.717) is 19.7 Å². The predicted molar refractivity (Wildman–Crippen MR) is 76.7 cm³/mol. The van der Waals surface area contributed by atoms with Gasteiger partial charge in [-0.25, -0.2) is 0 Å². The fourth-order valence-corrected chi connectivity index (χ4v) is 2.54. The van der Waals surface area contributed by atoms with Crippen LogP contribution in [0.3, 0.4) is 0 Å².